The van der Waals surface area contributed by atoms with Crippen molar-refractivity contribution >= 4 is 37.7 Å². The van der Waals surface area contributed by atoms with Crippen molar-refractivity contribution in [2.45, 2.75) is 6.54 Å². The smallest absolute Gasteiger partial charge is 0.184 e. The summed E-state index contributed by atoms with van der Waals surface area (Å²) in [4.78, 5) is 14.7. The highest BCUT2D eigenvalue weighted by Crippen LogP contribution is 2.33. The molecular weight excluding hydrogens is 458 g/mol. The Morgan fingerprint density at radius 1 is 1.09 bits per heavy atom. The number of fused-ring (bicyclic) bond motifs is 2. The van der Waals surface area contributed by atoms with Crippen molar-refractivity contribution < 1.29 is 9.47 Å². The number of hydrogen-bond acceptors (Lipinski definition) is 7. The normalized spacial score (nSPS) is 14.5. The van der Waals surface area contributed by atoms with Gasteiger partial charge in [0.1, 0.15) is 18.0 Å². The minimum atomic E-state index is 0.684. The molecule has 0 bridgehead atoms. The maximum Gasteiger partial charge on any atom is 0.184 e. The van der Waals surface area contributed by atoms with Crippen molar-refractivity contribution in [3.8, 4) is 16.9 Å². The van der Waals surface area contributed by atoms with E-state index in [1.807, 2.05) is 24.5 Å². The average Bonchev–Trinajstić information content (AvgIpc) is 3.55. The molecule has 3 aromatic heterocycles. The first kappa shape index (κ1) is 22.0. The number of nitrogens with zero attached hydrogens (tertiary/aromatic N) is 3. The first-order valence-corrected chi connectivity index (χ1v) is 12.7. The number of rotatable bonds is 8. The van der Waals surface area contributed by atoms with E-state index in [1.165, 1.54) is 16.7 Å². The van der Waals surface area contributed by atoms with Crippen LogP contribution in [0.25, 0.3) is 32.4 Å². The molecule has 7 nitrogen and oxygen atoms in total. The minimum absolute atomic E-state index is 0.684. The molecule has 0 amide bonds. The zero-order valence-electron chi connectivity index (χ0n) is 19.4. The summed E-state index contributed by atoms with van der Waals surface area (Å²) >= 11 is 1.67. The Labute approximate surface area is 207 Å². The molecule has 35 heavy (non-hydrogen) atoms. The second-order valence-corrected chi connectivity index (χ2v) is 9.63. The Kier molecular flexibility index (Phi) is 6.32. The van der Waals surface area contributed by atoms with Gasteiger partial charge in [0.25, 0.3) is 0 Å². The summed E-state index contributed by atoms with van der Waals surface area (Å²) in [6, 6.07) is 18.8. The Bertz CT molecular complexity index is 1440. The van der Waals surface area contributed by atoms with E-state index in [1.54, 1.807) is 11.3 Å². The standard InChI is InChI=1S/C27H27N5O2S/c1-2-19(16-21(3-1)34-15-12-32-10-13-33-14-11-32)18-30-27-31-24-5-4-20(17-25(24)35-27)22-6-8-28-26-23(22)7-9-29-26/h1-9,16-17H,10-15,18H2,(H,28,29)(H,30,31). The molecule has 5 aromatic rings. The van der Waals surface area contributed by atoms with Crippen LogP contribution < -0.4 is 10.1 Å². The lowest BCUT2D eigenvalue weighted by Gasteiger charge is -2.26. The largest absolute Gasteiger partial charge is 0.492 e. The SMILES string of the molecule is c1cc(CNc2nc3ccc(-c4ccnc5[nH]ccc45)cc3s2)cc(OCCN2CCOCC2)c1. The van der Waals surface area contributed by atoms with E-state index in [-0.39, 0.29) is 0 Å². The van der Waals surface area contributed by atoms with E-state index in [2.05, 4.69) is 62.6 Å². The van der Waals surface area contributed by atoms with Crippen molar-refractivity contribution in [2.24, 2.45) is 0 Å². The third-order valence-electron chi connectivity index (χ3n) is 6.28. The van der Waals surface area contributed by atoms with Gasteiger partial charge in [0.15, 0.2) is 5.13 Å². The number of pyridine rings is 1. The molecule has 1 aliphatic heterocycles. The highest BCUT2D eigenvalue weighted by Gasteiger charge is 2.11. The van der Waals surface area contributed by atoms with Crippen LogP contribution in [0.1, 0.15) is 5.56 Å². The molecule has 4 heterocycles. The number of nitrogens with one attached hydrogen (secondary N) is 2. The molecule has 0 atom stereocenters. The molecular formula is C27H27N5O2S. The van der Waals surface area contributed by atoms with Gasteiger partial charge in [-0.2, -0.15) is 0 Å². The number of thiazole rings is 1. The number of benzene rings is 2. The quantitative estimate of drug-likeness (QED) is 0.316. The monoisotopic (exact) mass is 485 g/mol. The first-order chi connectivity index (χ1) is 17.3. The number of morpholine rings is 1. The molecule has 1 aliphatic rings. The van der Waals surface area contributed by atoms with Gasteiger partial charge < -0.3 is 19.8 Å². The van der Waals surface area contributed by atoms with Crippen LogP contribution in [0.15, 0.2) is 67.0 Å². The Morgan fingerprint density at radius 2 is 2.03 bits per heavy atom. The van der Waals surface area contributed by atoms with Crippen LogP contribution in [0.3, 0.4) is 0 Å². The molecule has 0 spiro atoms. The number of hydrogen-bond donors (Lipinski definition) is 2. The van der Waals surface area contributed by atoms with Crippen LogP contribution in [-0.4, -0.2) is 59.3 Å². The molecule has 0 unspecified atom stereocenters. The van der Waals surface area contributed by atoms with Gasteiger partial charge in [-0.05, 0) is 53.1 Å². The summed E-state index contributed by atoms with van der Waals surface area (Å²) in [5, 5.41) is 5.53. The van der Waals surface area contributed by atoms with Gasteiger partial charge in [0.2, 0.25) is 0 Å². The zero-order chi connectivity index (χ0) is 23.5. The maximum absolute atomic E-state index is 6.00. The molecule has 0 aliphatic carbocycles. The average molecular weight is 486 g/mol. The Balaban J connectivity index is 1.10. The summed E-state index contributed by atoms with van der Waals surface area (Å²) < 4.78 is 12.6. The van der Waals surface area contributed by atoms with E-state index < -0.39 is 0 Å². The third kappa shape index (κ3) is 5.00. The predicted molar refractivity (Wildman–Crippen MR) is 141 cm³/mol. The number of aromatic amines is 1. The van der Waals surface area contributed by atoms with Gasteiger partial charge in [-0.3, -0.25) is 4.90 Å². The molecule has 1 saturated heterocycles. The van der Waals surface area contributed by atoms with Crippen molar-refractivity contribution in [1.82, 2.24) is 19.9 Å². The van der Waals surface area contributed by atoms with Gasteiger partial charge in [0.05, 0.1) is 23.4 Å². The molecule has 0 radical (unpaired) electrons. The summed E-state index contributed by atoms with van der Waals surface area (Å²) in [5.41, 5.74) is 5.41. The van der Waals surface area contributed by atoms with Gasteiger partial charge >= 0.3 is 0 Å². The Morgan fingerprint density at radius 3 is 2.97 bits per heavy atom. The lowest BCUT2D eigenvalue weighted by Crippen LogP contribution is -2.38. The van der Waals surface area contributed by atoms with Crippen LogP contribution in [0, 0.1) is 0 Å². The molecule has 0 saturated carbocycles. The summed E-state index contributed by atoms with van der Waals surface area (Å²) in [5.74, 6) is 0.903. The first-order valence-electron chi connectivity index (χ1n) is 11.9. The lowest BCUT2D eigenvalue weighted by molar-refractivity contribution is 0.0322. The number of ether oxygens (including phenoxy) is 2. The van der Waals surface area contributed by atoms with Gasteiger partial charge in [0, 0.05) is 44.0 Å². The minimum Gasteiger partial charge on any atom is -0.492 e. The molecule has 178 valence electrons. The van der Waals surface area contributed by atoms with E-state index in [4.69, 9.17) is 14.5 Å². The van der Waals surface area contributed by atoms with Crippen LogP contribution in [0.5, 0.6) is 5.75 Å². The van der Waals surface area contributed by atoms with Gasteiger partial charge in [-0.25, -0.2) is 9.97 Å². The van der Waals surface area contributed by atoms with Crippen molar-refractivity contribution in [3.63, 3.8) is 0 Å². The number of aromatic nitrogens is 3. The topological polar surface area (TPSA) is 75.3 Å². The van der Waals surface area contributed by atoms with Crippen LogP contribution in [-0.2, 0) is 11.3 Å². The van der Waals surface area contributed by atoms with Gasteiger partial charge in [-0.15, -0.1) is 0 Å². The van der Waals surface area contributed by atoms with E-state index >= 15 is 0 Å². The van der Waals surface area contributed by atoms with E-state index in [0.29, 0.717) is 13.2 Å². The summed E-state index contributed by atoms with van der Waals surface area (Å²) in [7, 11) is 0. The van der Waals surface area contributed by atoms with E-state index in [9.17, 15) is 0 Å². The lowest BCUT2D eigenvalue weighted by atomic mass is 10.0. The van der Waals surface area contributed by atoms with E-state index in [0.717, 1.165) is 65.0 Å². The van der Waals surface area contributed by atoms with Crippen LogP contribution in [0.4, 0.5) is 5.13 Å². The van der Waals surface area contributed by atoms with Crippen LogP contribution in [0.2, 0.25) is 0 Å². The number of H-pyrrole nitrogens is 1. The van der Waals surface area contributed by atoms with Crippen molar-refractivity contribution in [2.75, 3.05) is 44.8 Å². The van der Waals surface area contributed by atoms with Crippen LogP contribution >= 0.6 is 11.3 Å². The fourth-order valence-electron chi connectivity index (χ4n) is 4.42. The predicted octanol–water partition coefficient (Wildman–Crippen LogP) is 5.16. The highest BCUT2D eigenvalue weighted by atomic mass is 32.1. The Hall–Kier alpha value is -3.46. The summed E-state index contributed by atoms with van der Waals surface area (Å²) in [6.07, 6.45) is 3.77. The van der Waals surface area contributed by atoms with Crippen molar-refractivity contribution in [3.05, 3.63) is 72.6 Å². The fourth-order valence-corrected chi connectivity index (χ4v) is 5.32. The highest BCUT2D eigenvalue weighted by molar-refractivity contribution is 7.22. The fraction of sp³-hybridized carbons (Fsp3) is 0.259. The second kappa shape index (κ2) is 10.0. The molecule has 2 aromatic carbocycles. The summed E-state index contributed by atoms with van der Waals surface area (Å²) in [6.45, 7) is 5.90. The van der Waals surface area contributed by atoms with Crippen molar-refractivity contribution in [1.29, 1.82) is 0 Å². The molecule has 6 rings (SSSR count). The number of anilines is 1. The maximum atomic E-state index is 6.00. The molecule has 2 N–H and O–H groups in total. The zero-order valence-corrected chi connectivity index (χ0v) is 20.2. The second-order valence-electron chi connectivity index (χ2n) is 8.60. The molecule has 1 fully saturated rings. The molecule has 8 heteroatoms. The van der Waals surface area contributed by atoms with Gasteiger partial charge in [-0.1, -0.05) is 29.5 Å². The third-order valence-corrected chi connectivity index (χ3v) is 7.26.